The predicted octanol–water partition coefficient (Wildman–Crippen LogP) is -0.644. The molecular formula is C17H25N3O5S. The predicted molar refractivity (Wildman–Crippen MR) is 99.7 cm³/mol. The van der Waals surface area contributed by atoms with Crippen LogP contribution in [0.5, 0.6) is 0 Å². The highest BCUT2D eigenvalue weighted by atomic mass is 32.2. The van der Waals surface area contributed by atoms with E-state index in [1.165, 1.54) is 11.8 Å². The van der Waals surface area contributed by atoms with Crippen LogP contribution >= 0.6 is 11.8 Å². The van der Waals surface area contributed by atoms with Crippen molar-refractivity contribution in [1.82, 2.24) is 10.6 Å². The lowest BCUT2D eigenvalue weighted by molar-refractivity contribution is -0.143. The summed E-state index contributed by atoms with van der Waals surface area (Å²) in [6, 6.07) is 6.06. The summed E-state index contributed by atoms with van der Waals surface area (Å²) in [5.41, 5.74) is 6.81. The van der Waals surface area contributed by atoms with Crippen molar-refractivity contribution in [3.05, 3.63) is 35.9 Å². The van der Waals surface area contributed by atoms with Gasteiger partial charge in [-0.15, -0.1) is 0 Å². The number of aliphatic hydroxyl groups excluding tert-OH is 1. The van der Waals surface area contributed by atoms with Gasteiger partial charge in [0.15, 0.2) is 0 Å². The van der Waals surface area contributed by atoms with Crippen LogP contribution in [0.3, 0.4) is 0 Å². The maximum absolute atomic E-state index is 12.3. The molecule has 1 aromatic carbocycles. The van der Waals surface area contributed by atoms with E-state index >= 15 is 0 Å². The van der Waals surface area contributed by atoms with Crippen LogP contribution in [0.4, 0.5) is 0 Å². The Morgan fingerprint density at radius 3 is 2.27 bits per heavy atom. The van der Waals surface area contributed by atoms with E-state index in [-0.39, 0.29) is 0 Å². The van der Waals surface area contributed by atoms with E-state index in [1.807, 2.05) is 36.6 Å². The summed E-state index contributed by atoms with van der Waals surface area (Å²) < 4.78 is 0. The van der Waals surface area contributed by atoms with Gasteiger partial charge in [0.2, 0.25) is 11.8 Å². The number of aliphatic carboxylic acids is 1. The van der Waals surface area contributed by atoms with E-state index in [1.54, 1.807) is 0 Å². The van der Waals surface area contributed by atoms with Crippen LogP contribution in [0, 0.1) is 0 Å². The monoisotopic (exact) mass is 383 g/mol. The number of rotatable bonds is 11. The second-order valence-corrected chi connectivity index (χ2v) is 6.71. The Kier molecular flexibility index (Phi) is 9.71. The summed E-state index contributed by atoms with van der Waals surface area (Å²) in [5.74, 6) is -1.92. The Bertz CT molecular complexity index is 599. The van der Waals surface area contributed by atoms with Crippen molar-refractivity contribution in [2.75, 3.05) is 18.6 Å². The second kappa shape index (κ2) is 11.5. The van der Waals surface area contributed by atoms with E-state index in [9.17, 15) is 14.4 Å². The molecule has 26 heavy (non-hydrogen) atoms. The third kappa shape index (κ3) is 7.42. The molecule has 6 N–H and O–H groups in total. The van der Waals surface area contributed by atoms with Gasteiger partial charge >= 0.3 is 5.97 Å². The summed E-state index contributed by atoms with van der Waals surface area (Å²) in [6.45, 7) is -0.738. The van der Waals surface area contributed by atoms with E-state index in [0.29, 0.717) is 18.6 Å². The minimum atomic E-state index is -1.42. The van der Waals surface area contributed by atoms with Gasteiger partial charge in [-0.3, -0.25) is 9.59 Å². The number of nitrogens with one attached hydrogen (secondary N) is 2. The molecule has 0 aliphatic carbocycles. The van der Waals surface area contributed by atoms with Gasteiger partial charge in [0.25, 0.3) is 0 Å². The standard InChI is InChI=1S/C17H25N3O5S/c1-26-8-7-13(16(23)20-14(10-21)17(24)25)19-15(22)12(18)9-11-5-3-2-4-6-11/h2-6,12-14,21H,7-10,18H2,1H3,(H,19,22)(H,20,23)(H,24,25)/t12-,13-,14-/m0/s1. The molecule has 0 fully saturated rings. The SMILES string of the molecule is CSCC[C@H](NC(=O)[C@@H](N)Cc1ccccc1)C(=O)N[C@@H](CO)C(=O)O. The van der Waals surface area contributed by atoms with E-state index in [2.05, 4.69) is 10.6 Å². The van der Waals surface area contributed by atoms with Gasteiger partial charge in [0.1, 0.15) is 12.1 Å². The molecule has 8 nitrogen and oxygen atoms in total. The summed E-state index contributed by atoms with van der Waals surface area (Å²) in [5, 5.41) is 22.8. The van der Waals surface area contributed by atoms with E-state index in [4.69, 9.17) is 15.9 Å². The fourth-order valence-electron chi connectivity index (χ4n) is 2.20. The highest BCUT2D eigenvalue weighted by molar-refractivity contribution is 7.98. The fourth-order valence-corrected chi connectivity index (χ4v) is 2.67. The smallest absolute Gasteiger partial charge is 0.328 e. The molecule has 0 saturated carbocycles. The number of hydrogen-bond acceptors (Lipinski definition) is 6. The number of aliphatic hydroxyl groups is 1. The minimum absolute atomic E-state index is 0.314. The highest BCUT2D eigenvalue weighted by Gasteiger charge is 2.27. The molecule has 144 valence electrons. The highest BCUT2D eigenvalue weighted by Crippen LogP contribution is 2.05. The van der Waals surface area contributed by atoms with Gasteiger partial charge in [-0.1, -0.05) is 30.3 Å². The molecule has 0 saturated heterocycles. The average molecular weight is 383 g/mol. The second-order valence-electron chi connectivity index (χ2n) is 5.72. The minimum Gasteiger partial charge on any atom is -0.480 e. The molecule has 0 unspecified atom stereocenters. The molecule has 0 spiro atoms. The van der Waals surface area contributed by atoms with Crippen LogP contribution in [-0.2, 0) is 20.8 Å². The molecule has 2 amide bonds. The quantitative estimate of drug-likeness (QED) is 0.342. The number of carbonyl (C=O) groups is 3. The number of carbonyl (C=O) groups excluding carboxylic acids is 2. The number of carboxylic acid groups (broad SMARTS) is 1. The summed E-state index contributed by atoms with van der Waals surface area (Å²) in [4.78, 5) is 35.6. The van der Waals surface area contributed by atoms with Crippen LogP contribution in [0.15, 0.2) is 30.3 Å². The first-order valence-corrected chi connectivity index (χ1v) is 9.51. The van der Waals surface area contributed by atoms with E-state index < -0.39 is 42.5 Å². The molecule has 0 radical (unpaired) electrons. The van der Waals surface area contributed by atoms with Gasteiger partial charge in [0, 0.05) is 0 Å². The van der Waals surface area contributed by atoms with E-state index in [0.717, 1.165) is 5.56 Å². The number of hydrogen-bond donors (Lipinski definition) is 5. The Balaban J connectivity index is 2.71. The van der Waals surface area contributed by atoms with Crippen molar-refractivity contribution in [2.24, 2.45) is 5.73 Å². The molecule has 0 aliphatic heterocycles. The number of benzene rings is 1. The topological polar surface area (TPSA) is 142 Å². The summed E-state index contributed by atoms with van der Waals surface area (Å²) >= 11 is 1.49. The molecule has 1 aromatic rings. The number of amides is 2. The van der Waals surface area contributed by atoms with Crippen LogP contribution in [0.25, 0.3) is 0 Å². The number of nitrogens with two attached hydrogens (primary N) is 1. The lowest BCUT2D eigenvalue weighted by Gasteiger charge is -2.22. The maximum atomic E-state index is 12.3. The van der Waals surface area contributed by atoms with Crippen LogP contribution in [0.1, 0.15) is 12.0 Å². The Labute approximate surface area is 156 Å². The zero-order valence-electron chi connectivity index (χ0n) is 14.6. The lowest BCUT2D eigenvalue weighted by Crippen LogP contribution is -2.55. The molecule has 0 aromatic heterocycles. The zero-order valence-corrected chi connectivity index (χ0v) is 15.4. The van der Waals surface area contributed by atoms with Crippen molar-refractivity contribution in [3.8, 4) is 0 Å². The molecule has 3 atom stereocenters. The Hall–Kier alpha value is -2.10. The molecule has 0 aliphatic rings. The number of thioether (sulfide) groups is 1. The van der Waals surface area contributed by atoms with Gasteiger partial charge < -0.3 is 26.6 Å². The Morgan fingerprint density at radius 2 is 1.73 bits per heavy atom. The normalized spacial score (nSPS) is 14.1. The van der Waals surface area contributed by atoms with Crippen LogP contribution < -0.4 is 16.4 Å². The fraction of sp³-hybridized carbons (Fsp3) is 0.471. The molecule has 0 heterocycles. The first kappa shape index (κ1) is 21.9. The van der Waals surface area contributed by atoms with Crippen LogP contribution in [-0.4, -0.2) is 64.7 Å². The van der Waals surface area contributed by atoms with Gasteiger partial charge in [-0.2, -0.15) is 11.8 Å². The molecule has 9 heteroatoms. The van der Waals surface area contributed by atoms with Crippen LogP contribution in [0.2, 0.25) is 0 Å². The zero-order chi connectivity index (χ0) is 19.5. The first-order valence-electron chi connectivity index (χ1n) is 8.11. The third-order valence-corrected chi connectivity index (χ3v) is 4.32. The Morgan fingerprint density at radius 1 is 1.12 bits per heavy atom. The lowest BCUT2D eigenvalue weighted by atomic mass is 10.1. The van der Waals surface area contributed by atoms with Gasteiger partial charge in [-0.05, 0) is 30.4 Å². The molecule has 1 rings (SSSR count). The molecule has 0 bridgehead atoms. The molecular weight excluding hydrogens is 358 g/mol. The van der Waals surface area contributed by atoms with Crippen molar-refractivity contribution < 1.29 is 24.6 Å². The van der Waals surface area contributed by atoms with Crippen molar-refractivity contribution in [1.29, 1.82) is 0 Å². The van der Waals surface area contributed by atoms with Crippen molar-refractivity contribution in [3.63, 3.8) is 0 Å². The maximum Gasteiger partial charge on any atom is 0.328 e. The van der Waals surface area contributed by atoms with Crippen molar-refractivity contribution in [2.45, 2.75) is 31.0 Å². The van der Waals surface area contributed by atoms with Gasteiger partial charge in [-0.25, -0.2) is 4.79 Å². The summed E-state index contributed by atoms with van der Waals surface area (Å²) in [7, 11) is 0. The van der Waals surface area contributed by atoms with Crippen molar-refractivity contribution >= 4 is 29.5 Å². The third-order valence-electron chi connectivity index (χ3n) is 3.68. The first-order chi connectivity index (χ1) is 12.4. The summed E-state index contributed by atoms with van der Waals surface area (Å²) in [6.07, 6.45) is 2.48. The average Bonchev–Trinajstić information content (AvgIpc) is 2.63. The number of carboxylic acids is 1. The largest absolute Gasteiger partial charge is 0.480 e. The van der Waals surface area contributed by atoms with Gasteiger partial charge in [0.05, 0.1) is 12.6 Å².